The van der Waals surface area contributed by atoms with Gasteiger partial charge in [0.25, 0.3) is 0 Å². The van der Waals surface area contributed by atoms with Crippen LogP contribution in [0.1, 0.15) is 35.1 Å². The van der Waals surface area contributed by atoms with Gasteiger partial charge in [-0.15, -0.1) is 0 Å². The maximum absolute atomic E-state index is 12.5. The Morgan fingerprint density at radius 1 is 0.966 bits per heavy atom. The van der Waals surface area contributed by atoms with Crippen LogP contribution in [0.25, 0.3) is 11.1 Å². The number of halogens is 1. The number of ether oxygens (including phenoxy) is 1. The van der Waals surface area contributed by atoms with Crippen LogP contribution in [0.15, 0.2) is 72.8 Å². The molecule has 1 unspecified atom stereocenters. The van der Waals surface area contributed by atoms with Crippen molar-refractivity contribution >= 4 is 17.7 Å². The third-order valence-electron chi connectivity index (χ3n) is 5.33. The van der Waals surface area contributed by atoms with Crippen molar-refractivity contribution in [3.8, 4) is 11.1 Å². The van der Waals surface area contributed by atoms with E-state index in [1.807, 2.05) is 42.5 Å². The van der Waals surface area contributed by atoms with Gasteiger partial charge in [-0.05, 0) is 40.3 Å². The largest absolute Gasteiger partial charge is 0.449 e. The molecule has 29 heavy (non-hydrogen) atoms. The Hall–Kier alpha value is -2.82. The summed E-state index contributed by atoms with van der Waals surface area (Å²) in [5, 5.41) is 12.8. The van der Waals surface area contributed by atoms with Crippen LogP contribution in [0.2, 0.25) is 5.02 Å². The molecule has 1 atom stereocenters. The van der Waals surface area contributed by atoms with Crippen LogP contribution in [0.5, 0.6) is 0 Å². The van der Waals surface area contributed by atoms with Crippen molar-refractivity contribution in [3.05, 3.63) is 94.5 Å². The summed E-state index contributed by atoms with van der Waals surface area (Å²) < 4.78 is 5.60. The number of nitrogens with one attached hydrogen (secondary N) is 1. The van der Waals surface area contributed by atoms with E-state index in [2.05, 4.69) is 29.6 Å². The number of hydrogen-bond acceptors (Lipinski definition) is 3. The molecule has 0 saturated heterocycles. The van der Waals surface area contributed by atoms with Crippen LogP contribution in [0.4, 0.5) is 4.79 Å². The number of alkyl carbamates (subject to hydrolysis) is 1. The average Bonchev–Trinajstić information content (AvgIpc) is 3.06. The summed E-state index contributed by atoms with van der Waals surface area (Å²) in [7, 11) is 0. The fourth-order valence-corrected chi connectivity index (χ4v) is 4.24. The SMILES string of the molecule is O=C(NC(CCO)c1ccccc1Cl)OCC1c2ccccc2-c2ccccc21. The molecule has 0 aromatic heterocycles. The Bertz CT molecular complexity index is 975. The predicted octanol–water partition coefficient (Wildman–Crippen LogP) is 5.30. The predicted molar refractivity (Wildman–Crippen MR) is 114 cm³/mol. The van der Waals surface area contributed by atoms with Crippen molar-refractivity contribution in [2.24, 2.45) is 0 Å². The Morgan fingerprint density at radius 3 is 2.17 bits per heavy atom. The molecule has 0 heterocycles. The molecule has 4 rings (SSSR count). The normalized spacial score (nSPS) is 13.4. The van der Waals surface area contributed by atoms with E-state index in [1.165, 1.54) is 22.3 Å². The van der Waals surface area contributed by atoms with Gasteiger partial charge in [0.15, 0.2) is 0 Å². The first-order valence-corrected chi connectivity index (χ1v) is 10.0. The molecule has 1 aliphatic rings. The molecule has 0 saturated carbocycles. The quantitative estimate of drug-likeness (QED) is 0.582. The molecule has 0 radical (unpaired) electrons. The van der Waals surface area contributed by atoms with Gasteiger partial charge in [0, 0.05) is 17.5 Å². The molecule has 0 bridgehead atoms. The van der Waals surface area contributed by atoms with Crippen LogP contribution in [0.3, 0.4) is 0 Å². The molecule has 4 nitrogen and oxygen atoms in total. The number of benzene rings is 3. The molecule has 2 N–H and O–H groups in total. The first kappa shape index (κ1) is 19.5. The van der Waals surface area contributed by atoms with E-state index in [9.17, 15) is 9.90 Å². The first-order chi connectivity index (χ1) is 14.2. The van der Waals surface area contributed by atoms with Gasteiger partial charge < -0.3 is 15.2 Å². The van der Waals surface area contributed by atoms with Crippen molar-refractivity contribution in [1.29, 1.82) is 0 Å². The lowest BCUT2D eigenvalue weighted by Crippen LogP contribution is -2.31. The van der Waals surface area contributed by atoms with Crippen molar-refractivity contribution in [2.45, 2.75) is 18.4 Å². The fraction of sp³-hybridized carbons (Fsp3) is 0.208. The molecule has 0 aliphatic heterocycles. The number of amides is 1. The van der Waals surface area contributed by atoms with Crippen molar-refractivity contribution < 1.29 is 14.6 Å². The van der Waals surface area contributed by atoms with Gasteiger partial charge in [0.1, 0.15) is 6.61 Å². The zero-order valence-corrected chi connectivity index (χ0v) is 16.6. The highest BCUT2D eigenvalue weighted by atomic mass is 35.5. The fourth-order valence-electron chi connectivity index (χ4n) is 3.97. The van der Waals surface area contributed by atoms with Gasteiger partial charge in [-0.3, -0.25) is 0 Å². The molecule has 1 aliphatic carbocycles. The van der Waals surface area contributed by atoms with Gasteiger partial charge >= 0.3 is 6.09 Å². The standard InChI is InChI=1S/C24H22ClNO3/c25-22-12-6-5-11-20(22)23(13-14-27)26-24(28)29-15-21-18-9-3-1-7-16(18)17-8-2-4-10-19(17)21/h1-12,21,23,27H,13-15H2,(H,26,28). The third-order valence-corrected chi connectivity index (χ3v) is 5.68. The second kappa shape index (κ2) is 8.68. The van der Waals surface area contributed by atoms with E-state index in [1.54, 1.807) is 6.07 Å². The molecule has 5 heteroatoms. The Labute approximate surface area is 175 Å². The van der Waals surface area contributed by atoms with Gasteiger partial charge in [-0.1, -0.05) is 78.3 Å². The lowest BCUT2D eigenvalue weighted by atomic mass is 9.98. The molecule has 0 spiro atoms. The lowest BCUT2D eigenvalue weighted by molar-refractivity contribution is 0.136. The second-order valence-corrected chi connectivity index (χ2v) is 7.46. The number of carbonyl (C=O) groups is 1. The van der Waals surface area contributed by atoms with Gasteiger partial charge in [-0.2, -0.15) is 0 Å². The maximum atomic E-state index is 12.5. The van der Waals surface area contributed by atoms with Gasteiger partial charge in [-0.25, -0.2) is 4.79 Å². The summed E-state index contributed by atoms with van der Waals surface area (Å²) in [6.45, 7) is 0.174. The molecule has 1 amide bonds. The topological polar surface area (TPSA) is 58.6 Å². The maximum Gasteiger partial charge on any atom is 0.407 e. The van der Waals surface area contributed by atoms with Crippen molar-refractivity contribution in [1.82, 2.24) is 5.32 Å². The molecular formula is C24H22ClNO3. The minimum absolute atomic E-state index is 0.00440. The number of rotatable bonds is 6. The summed E-state index contributed by atoms with van der Waals surface area (Å²) in [4.78, 5) is 12.5. The molecule has 0 fully saturated rings. The van der Waals surface area contributed by atoms with E-state index in [-0.39, 0.29) is 19.1 Å². The highest BCUT2D eigenvalue weighted by Gasteiger charge is 2.29. The Kier molecular flexibility index (Phi) is 5.84. The number of fused-ring (bicyclic) bond motifs is 3. The summed E-state index contributed by atoms with van der Waals surface area (Å²) in [5.74, 6) is 0.00440. The monoisotopic (exact) mass is 407 g/mol. The number of aliphatic hydroxyl groups excluding tert-OH is 1. The second-order valence-electron chi connectivity index (χ2n) is 7.06. The van der Waals surface area contributed by atoms with Crippen LogP contribution in [0, 0.1) is 0 Å². The van der Waals surface area contributed by atoms with Gasteiger partial charge in [0.2, 0.25) is 0 Å². The van der Waals surface area contributed by atoms with Crippen LogP contribution in [-0.4, -0.2) is 24.4 Å². The average molecular weight is 408 g/mol. The van der Waals surface area contributed by atoms with E-state index in [4.69, 9.17) is 16.3 Å². The van der Waals surface area contributed by atoms with E-state index in [0.717, 1.165) is 5.56 Å². The van der Waals surface area contributed by atoms with E-state index < -0.39 is 12.1 Å². The number of hydrogen-bond donors (Lipinski definition) is 2. The summed E-state index contributed by atoms with van der Waals surface area (Å²) in [6.07, 6.45) is -0.168. The summed E-state index contributed by atoms with van der Waals surface area (Å²) in [6, 6.07) is 23.3. The number of aliphatic hydroxyl groups is 1. The summed E-state index contributed by atoms with van der Waals surface area (Å²) in [5.41, 5.74) is 5.47. The van der Waals surface area contributed by atoms with Gasteiger partial charge in [0.05, 0.1) is 6.04 Å². The van der Waals surface area contributed by atoms with Crippen LogP contribution >= 0.6 is 11.6 Å². The van der Waals surface area contributed by atoms with E-state index >= 15 is 0 Å². The van der Waals surface area contributed by atoms with E-state index in [0.29, 0.717) is 11.4 Å². The highest BCUT2D eigenvalue weighted by Crippen LogP contribution is 2.44. The zero-order chi connectivity index (χ0) is 20.2. The Morgan fingerprint density at radius 2 is 1.55 bits per heavy atom. The summed E-state index contributed by atoms with van der Waals surface area (Å²) >= 11 is 6.26. The lowest BCUT2D eigenvalue weighted by Gasteiger charge is -2.20. The molecule has 148 valence electrons. The Balaban J connectivity index is 1.48. The minimum Gasteiger partial charge on any atom is -0.449 e. The highest BCUT2D eigenvalue weighted by molar-refractivity contribution is 6.31. The third kappa shape index (κ3) is 4.00. The molecule has 3 aromatic rings. The molecular weight excluding hydrogens is 386 g/mol. The van der Waals surface area contributed by atoms with Crippen molar-refractivity contribution in [2.75, 3.05) is 13.2 Å². The van der Waals surface area contributed by atoms with Crippen LogP contribution in [-0.2, 0) is 4.74 Å². The van der Waals surface area contributed by atoms with Crippen LogP contribution < -0.4 is 5.32 Å². The first-order valence-electron chi connectivity index (χ1n) is 9.66. The number of carbonyl (C=O) groups excluding carboxylic acids is 1. The minimum atomic E-state index is -0.523. The van der Waals surface area contributed by atoms with Crippen molar-refractivity contribution in [3.63, 3.8) is 0 Å². The smallest absolute Gasteiger partial charge is 0.407 e. The molecule has 3 aromatic carbocycles. The zero-order valence-electron chi connectivity index (χ0n) is 15.8.